The van der Waals surface area contributed by atoms with Gasteiger partial charge in [0, 0.05) is 22.5 Å². The fraction of sp³-hybridized carbons (Fsp3) is 0.417. The van der Waals surface area contributed by atoms with E-state index in [2.05, 4.69) is 22.0 Å². The molecule has 2 fully saturated rings. The van der Waals surface area contributed by atoms with E-state index in [1.807, 2.05) is 47.4 Å². The summed E-state index contributed by atoms with van der Waals surface area (Å²) in [5.74, 6) is 0.542. The van der Waals surface area contributed by atoms with Crippen molar-refractivity contribution in [1.82, 2.24) is 0 Å². The van der Waals surface area contributed by atoms with Gasteiger partial charge in [0.25, 0.3) is 0 Å². The Balaban J connectivity index is 0.000000149. The van der Waals surface area contributed by atoms with E-state index in [1.54, 1.807) is 4.90 Å². The van der Waals surface area contributed by atoms with Crippen LogP contribution in [0.4, 0.5) is 21.0 Å². The zero-order valence-corrected chi connectivity index (χ0v) is 19.4. The first-order valence-electron chi connectivity index (χ1n) is 10.6. The third-order valence-corrected chi connectivity index (χ3v) is 7.13. The highest BCUT2D eigenvalue weighted by molar-refractivity contribution is 9.10. The van der Waals surface area contributed by atoms with Crippen LogP contribution in [0.3, 0.4) is 0 Å². The SMILES string of the molecule is COC(=O)N(c1ccccc1Br)C1CCC1.COC(=O)N1c2ccccc2C2CCC21. The number of ether oxygens (including phenoxy) is 2. The van der Waals surface area contributed by atoms with Crippen LogP contribution in [0.5, 0.6) is 0 Å². The fourth-order valence-electron chi connectivity index (χ4n) is 4.52. The summed E-state index contributed by atoms with van der Waals surface area (Å²) in [5.41, 5.74) is 3.23. The lowest BCUT2D eigenvalue weighted by Crippen LogP contribution is -2.44. The number of hydrogen-bond acceptors (Lipinski definition) is 4. The summed E-state index contributed by atoms with van der Waals surface area (Å²) in [4.78, 5) is 27.0. The molecule has 0 bridgehead atoms. The van der Waals surface area contributed by atoms with Gasteiger partial charge in [0.15, 0.2) is 0 Å². The number of nitrogens with zero attached hydrogens (tertiary/aromatic N) is 2. The maximum atomic E-state index is 11.8. The molecule has 2 aliphatic carbocycles. The Morgan fingerprint density at radius 1 is 0.968 bits per heavy atom. The minimum Gasteiger partial charge on any atom is -0.452 e. The van der Waals surface area contributed by atoms with Crippen LogP contribution in [0.1, 0.15) is 43.6 Å². The van der Waals surface area contributed by atoms with E-state index in [4.69, 9.17) is 9.47 Å². The van der Waals surface area contributed by atoms with Crippen molar-refractivity contribution in [2.75, 3.05) is 24.0 Å². The first-order valence-corrected chi connectivity index (χ1v) is 11.4. The number of fused-ring (bicyclic) bond motifs is 3. The van der Waals surface area contributed by atoms with Gasteiger partial charge in [0.1, 0.15) is 0 Å². The van der Waals surface area contributed by atoms with Crippen molar-refractivity contribution in [3.05, 3.63) is 58.6 Å². The second-order valence-electron chi connectivity index (χ2n) is 8.03. The summed E-state index contributed by atoms with van der Waals surface area (Å²) < 4.78 is 10.6. The van der Waals surface area contributed by atoms with Crippen LogP contribution >= 0.6 is 15.9 Å². The number of rotatable bonds is 2. The topological polar surface area (TPSA) is 59.1 Å². The average molecular weight is 487 g/mol. The molecule has 1 heterocycles. The molecule has 5 rings (SSSR count). The summed E-state index contributed by atoms with van der Waals surface area (Å²) in [7, 11) is 2.86. The van der Waals surface area contributed by atoms with Crippen LogP contribution in [0, 0.1) is 0 Å². The molecule has 3 aliphatic rings. The lowest BCUT2D eigenvalue weighted by Gasteiger charge is -2.36. The highest BCUT2D eigenvalue weighted by atomic mass is 79.9. The monoisotopic (exact) mass is 486 g/mol. The molecule has 0 spiro atoms. The second-order valence-corrected chi connectivity index (χ2v) is 8.88. The van der Waals surface area contributed by atoms with Crippen molar-refractivity contribution in [2.24, 2.45) is 0 Å². The van der Waals surface area contributed by atoms with Crippen molar-refractivity contribution < 1.29 is 19.1 Å². The minimum atomic E-state index is -0.281. The number of carbonyl (C=O) groups is 2. The van der Waals surface area contributed by atoms with E-state index in [1.165, 1.54) is 32.6 Å². The molecule has 2 aromatic carbocycles. The van der Waals surface area contributed by atoms with Gasteiger partial charge in [-0.1, -0.05) is 30.3 Å². The number of amides is 2. The third-order valence-electron chi connectivity index (χ3n) is 6.46. The van der Waals surface area contributed by atoms with Crippen LogP contribution in [0.25, 0.3) is 0 Å². The molecule has 0 saturated heterocycles. The molecule has 2 aromatic rings. The summed E-state index contributed by atoms with van der Waals surface area (Å²) in [5, 5.41) is 0. The molecule has 7 heteroatoms. The highest BCUT2D eigenvalue weighted by Gasteiger charge is 2.47. The van der Waals surface area contributed by atoms with E-state index < -0.39 is 0 Å². The molecule has 2 atom stereocenters. The maximum Gasteiger partial charge on any atom is 0.414 e. The van der Waals surface area contributed by atoms with Gasteiger partial charge in [-0.3, -0.25) is 9.80 Å². The first kappa shape index (κ1) is 21.7. The Morgan fingerprint density at radius 3 is 2.26 bits per heavy atom. The molecule has 2 unspecified atom stereocenters. The van der Waals surface area contributed by atoms with Crippen LogP contribution in [-0.4, -0.2) is 38.5 Å². The Hall–Kier alpha value is -2.54. The van der Waals surface area contributed by atoms with Crippen LogP contribution in [-0.2, 0) is 9.47 Å². The van der Waals surface area contributed by atoms with Gasteiger partial charge in [-0.25, -0.2) is 9.59 Å². The summed E-state index contributed by atoms with van der Waals surface area (Å²) >= 11 is 3.47. The molecule has 0 N–H and O–H groups in total. The summed E-state index contributed by atoms with van der Waals surface area (Å²) in [6.45, 7) is 0. The molecular formula is C24H27BrN2O4. The van der Waals surface area contributed by atoms with Gasteiger partial charge in [-0.05, 0) is 71.8 Å². The Morgan fingerprint density at radius 2 is 1.68 bits per heavy atom. The van der Waals surface area contributed by atoms with Gasteiger partial charge in [0.2, 0.25) is 0 Å². The fourth-order valence-corrected chi connectivity index (χ4v) is 5.00. The number of halogens is 1. The van der Waals surface area contributed by atoms with E-state index in [0.29, 0.717) is 12.0 Å². The normalized spacial score (nSPS) is 20.8. The number of para-hydroxylation sites is 2. The quantitative estimate of drug-likeness (QED) is 0.514. The number of methoxy groups -OCH3 is 2. The Bertz CT molecular complexity index is 962. The third kappa shape index (κ3) is 4.03. The summed E-state index contributed by atoms with van der Waals surface area (Å²) in [6, 6.07) is 16.5. The van der Waals surface area contributed by atoms with Gasteiger partial charge < -0.3 is 9.47 Å². The molecule has 164 valence electrons. The van der Waals surface area contributed by atoms with E-state index in [9.17, 15) is 9.59 Å². The van der Waals surface area contributed by atoms with E-state index in [0.717, 1.165) is 35.1 Å². The van der Waals surface area contributed by atoms with E-state index >= 15 is 0 Å². The van der Waals surface area contributed by atoms with E-state index in [-0.39, 0.29) is 18.2 Å². The molecular weight excluding hydrogens is 460 g/mol. The largest absolute Gasteiger partial charge is 0.452 e. The molecule has 31 heavy (non-hydrogen) atoms. The average Bonchev–Trinajstić information content (AvgIpc) is 2.96. The zero-order valence-electron chi connectivity index (χ0n) is 17.8. The maximum absolute atomic E-state index is 11.8. The van der Waals surface area contributed by atoms with Crippen molar-refractivity contribution in [3.8, 4) is 0 Å². The summed E-state index contributed by atoms with van der Waals surface area (Å²) in [6.07, 6.45) is 5.06. The number of anilines is 2. The number of hydrogen-bond donors (Lipinski definition) is 0. The smallest absolute Gasteiger partial charge is 0.414 e. The number of benzene rings is 2. The molecule has 0 aromatic heterocycles. The Kier molecular flexibility index (Phi) is 6.51. The molecule has 2 amide bonds. The Labute approximate surface area is 191 Å². The van der Waals surface area contributed by atoms with Crippen molar-refractivity contribution in [3.63, 3.8) is 0 Å². The van der Waals surface area contributed by atoms with Crippen molar-refractivity contribution in [2.45, 2.75) is 50.1 Å². The minimum absolute atomic E-state index is 0.227. The van der Waals surface area contributed by atoms with Gasteiger partial charge >= 0.3 is 12.2 Å². The molecule has 1 aliphatic heterocycles. The molecule has 6 nitrogen and oxygen atoms in total. The van der Waals surface area contributed by atoms with Crippen LogP contribution in [0.15, 0.2) is 53.0 Å². The van der Waals surface area contributed by atoms with Crippen molar-refractivity contribution in [1.29, 1.82) is 0 Å². The highest BCUT2D eigenvalue weighted by Crippen LogP contribution is 2.51. The predicted octanol–water partition coefficient (Wildman–Crippen LogP) is 6.09. The predicted molar refractivity (Wildman–Crippen MR) is 124 cm³/mol. The van der Waals surface area contributed by atoms with Crippen molar-refractivity contribution >= 4 is 39.5 Å². The number of carbonyl (C=O) groups excluding carboxylic acids is 2. The van der Waals surface area contributed by atoms with Crippen LogP contribution in [0.2, 0.25) is 0 Å². The lowest BCUT2D eigenvalue weighted by molar-refractivity contribution is 0.170. The standard InChI is InChI=1S/C12H14BrNO2.C12H13NO2/c1-16-12(15)14(9-5-4-6-9)11-8-3-2-7-10(11)13;1-15-12(14)13-10-5-3-2-4-8(10)9-6-7-11(9)13/h2-3,7-9H,4-6H2,1H3;2-5,9,11H,6-7H2,1H3. The lowest BCUT2D eigenvalue weighted by atomic mass is 9.78. The van der Waals surface area contributed by atoms with Gasteiger partial charge in [-0.2, -0.15) is 0 Å². The molecule has 0 radical (unpaired) electrons. The first-order chi connectivity index (χ1) is 15.1. The van der Waals surface area contributed by atoms with Gasteiger partial charge in [0.05, 0.1) is 25.6 Å². The molecule has 2 saturated carbocycles. The van der Waals surface area contributed by atoms with Gasteiger partial charge in [-0.15, -0.1) is 0 Å². The van der Waals surface area contributed by atoms with Crippen LogP contribution < -0.4 is 9.80 Å². The zero-order chi connectivity index (χ0) is 22.0. The second kappa shape index (κ2) is 9.30.